The Balaban J connectivity index is 1.50. The molecule has 3 rings (SSSR count). The van der Waals surface area contributed by atoms with Crippen LogP contribution in [-0.2, 0) is 16.0 Å². The van der Waals surface area contributed by atoms with E-state index in [0.29, 0.717) is 19.4 Å². The first kappa shape index (κ1) is 15.5. The highest BCUT2D eigenvalue weighted by Crippen LogP contribution is 2.12. The van der Waals surface area contributed by atoms with Crippen LogP contribution in [0.25, 0.3) is 11.0 Å². The standard InChI is InChI=1S/C17H22N4O2/c1-12(22)21-10-4-5-13(11-21)18-17(23)9-8-16-19-14-6-2-3-7-15(14)20-16/h2-3,6-7,13H,4-5,8-11H2,1H3,(H,18,23)(H,19,20)/t13-/m0/s1. The van der Waals surface area contributed by atoms with Crippen molar-refractivity contribution in [1.82, 2.24) is 20.2 Å². The fraction of sp³-hybridized carbons (Fsp3) is 0.471. The van der Waals surface area contributed by atoms with Crippen molar-refractivity contribution in [3.63, 3.8) is 0 Å². The lowest BCUT2D eigenvalue weighted by molar-refractivity contribution is -0.131. The van der Waals surface area contributed by atoms with Crippen molar-refractivity contribution in [2.45, 2.75) is 38.6 Å². The SMILES string of the molecule is CC(=O)N1CCC[C@H](NC(=O)CCc2nc3ccccc3[nH]2)C1. The van der Waals surface area contributed by atoms with Gasteiger partial charge < -0.3 is 15.2 Å². The van der Waals surface area contributed by atoms with Gasteiger partial charge in [-0.1, -0.05) is 12.1 Å². The molecule has 2 aromatic rings. The summed E-state index contributed by atoms with van der Waals surface area (Å²) in [5.74, 6) is 0.919. The van der Waals surface area contributed by atoms with Gasteiger partial charge in [-0.2, -0.15) is 0 Å². The van der Waals surface area contributed by atoms with Gasteiger partial charge in [-0.3, -0.25) is 9.59 Å². The van der Waals surface area contributed by atoms with Crippen molar-refractivity contribution in [3.05, 3.63) is 30.1 Å². The molecule has 1 saturated heterocycles. The fourth-order valence-electron chi connectivity index (χ4n) is 3.04. The Labute approximate surface area is 135 Å². The van der Waals surface area contributed by atoms with Crippen molar-refractivity contribution in [2.24, 2.45) is 0 Å². The second-order valence-corrected chi connectivity index (χ2v) is 6.07. The number of rotatable bonds is 4. The Bertz CT molecular complexity index is 676. The van der Waals surface area contributed by atoms with Crippen LogP contribution in [0.4, 0.5) is 0 Å². The van der Waals surface area contributed by atoms with E-state index in [4.69, 9.17) is 0 Å². The van der Waals surface area contributed by atoms with Gasteiger partial charge in [-0.15, -0.1) is 0 Å². The summed E-state index contributed by atoms with van der Waals surface area (Å²) in [6.07, 6.45) is 2.86. The van der Waals surface area contributed by atoms with E-state index in [1.54, 1.807) is 11.8 Å². The maximum Gasteiger partial charge on any atom is 0.220 e. The molecule has 6 nitrogen and oxygen atoms in total. The van der Waals surface area contributed by atoms with Crippen LogP contribution in [0.5, 0.6) is 0 Å². The number of hydrogen-bond donors (Lipinski definition) is 2. The van der Waals surface area contributed by atoms with Gasteiger partial charge in [0.15, 0.2) is 0 Å². The fourth-order valence-corrected chi connectivity index (χ4v) is 3.04. The van der Waals surface area contributed by atoms with Crippen LogP contribution < -0.4 is 5.32 Å². The second-order valence-electron chi connectivity index (χ2n) is 6.07. The Kier molecular flexibility index (Phi) is 4.60. The van der Waals surface area contributed by atoms with E-state index in [1.165, 1.54) is 0 Å². The topological polar surface area (TPSA) is 78.1 Å². The lowest BCUT2D eigenvalue weighted by Gasteiger charge is -2.32. The predicted molar refractivity (Wildman–Crippen MR) is 87.8 cm³/mol. The molecule has 0 bridgehead atoms. The van der Waals surface area contributed by atoms with Crippen LogP contribution in [0, 0.1) is 0 Å². The number of carbonyl (C=O) groups excluding carboxylic acids is 2. The number of H-pyrrole nitrogens is 1. The smallest absolute Gasteiger partial charge is 0.220 e. The molecule has 1 aromatic carbocycles. The number of hydrogen-bond acceptors (Lipinski definition) is 3. The van der Waals surface area contributed by atoms with Crippen LogP contribution in [0.2, 0.25) is 0 Å². The Hall–Kier alpha value is -2.37. The van der Waals surface area contributed by atoms with Gasteiger partial charge >= 0.3 is 0 Å². The molecule has 0 unspecified atom stereocenters. The van der Waals surface area contributed by atoms with Crippen molar-refractivity contribution < 1.29 is 9.59 Å². The molecule has 0 saturated carbocycles. The minimum Gasteiger partial charge on any atom is -0.352 e. The molecule has 1 fully saturated rings. The van der Waals surface area contributed by atoms with Gasteiger partial charge in [0.1, 0.15) is 5.82 Å². The van der Waals surface area contributed by atoms with Gasteiger partial charge in [0.25, 0.3) is 0 Å². The largest absolute Gasteiger partial charge is 0.352 e. The maximum absolute atomic E-state index is 12.1. The molecule has 1 aliphatic heterocycles. The van der Waals surface area contributed by atoms with Crippen LogP contribution in [0.3, 0.4) is 0 Å². The molecule has 23 heavy (non-hydrogen) atoms. The van der Waals surface area contributed by atoms with Gasteiger partial charge in [0.05, 0.1) is 11.0 Å². The number of aryl methyl sites for hydroxylation is 1. The number of benzene rings is 1. The normalized spacial score (nSPS) is 18.1. The number of imidazole rings is 1. The lowest BCUT2D eigenvalue weighted by Crippen LogP contribution is -2.49. The monoisotopic (exact) mass is 314 g/mol. The molecule has 122 valence electrons. The zero-order chi connectivity index (χ0) is 16.2. The summed E-state index contributed by atoms with van der Waals surface area (Å²) in [6, 6.07) is 7.90. The van der Waals surface area contributed by atoms with Crippen molar-refractivity contribution >= 4 is 22.8 Å². The van der Waals surface area contributed by atoms with E-state index in [0.717, 1.165) is 36.2 Å². The average molecular weight is 314 g/mol. The van der Waals surface area contributed by atoms with Crippen LogP contribution in [0.15, 0.2) is 24.3 Å². The summed E-state index contributed by atoms with van der Waals surface area (Å²) in [6.45, 7) is 2.98. The maximum atomic E-state index is 12.1. The van der Waals surface area contributed by atoms with Crippen molar-refractivity contribution in [2.75, 3.05) is 13.1 Å². The number of nitrogens with one attached hydrogen (secondary N) is 2. The van der Waals surface area contributed by atoms with E-state index in [9.17, 15) is 9.59 Å². The van der Waals surface area contributed by atoms with Crippen molar-refractivity contribution in [3.8, 4) is 0 Å². The van der Waals surface area contributed by atoms with E-state index < -0.39 is 0 Å². The minimum atomic E-state index is 0.0147. The molecule has 1 aliphatic rings. The number of nitrogens with zero attached hydrogens (tertiary/aromatic N) is 2. The number of amides is 2. The molecule has 2 amide bonds. The molecular weight excluding hydrogens is 292 g/mol. The first-order chi connectivity index (χ1) is 11.1. The molecule has 0 spiro atoms. The number of aromatic amines is 1. The van der Waals surface area contributed by atoms with Gasteiger partial charge in [0.2, 0.25) is 11.8 Å². The Morgan fingerprint density at radius 3 is 3.00 bits per heavy atom. The second kappa shape index (κ2) is 6.81. The van der Waals surface area contributed by atoms with E-state index >= 15 is 0 Å². The van der Waals surface area contributed by atoms with Gasteiger partial charge in [-0.05, 0) is 25.0 Å². The van der Waals surface area contributed by atoms with Gasteiger partial charge in [-0.25, -0.2) is 4.98 Å². The highest BCUT2D eigenvalue weighted by atomic mass is 16.2. The molecule has 0 aliphatic carbocycles. The van der Waals surface area contributed by atoms with Crippen molar-refractivity contribution in [1.29, 1.82) is 0 Å². The van der Waals surface area contributed by atoms with E-state index in [-0.39, 0.29) is 17.9 Å². The zero-order valence-corrected chi connectivity index (χ0v) is 13.3. The molecular formula is C17H22N4O2. The van der Waals surface area contributed by atoms with E-state index in [2.05, 4.69) is 15.3 Å². The first-order valence-electron chi connectivity index (χ1n) is 8.10. The number of carbonyl (C=O) groups is 2. The van der Waals surface area contributed by atoms with Crippen LogP contribution >= 0.6 is 0 Å². The minimum absolute atomic E-state index is 0.0147. The molecule has 2 heterocycles. The lowest BCUT2D eigenvalue weighted by atomic mass is 10.1. The number of para-hydroxylation sites is 2. The number of fused-ring (bicyclic) bond motifs is 1. The van der Waals surface area contributed by atoms with E-state index in [1.807, 2.05) is 24.3 Å². The number of likely N-dealkylation sites (tertiary alicyclic amines) is 1. The zero-order valence-electron chi connectivity index (χ0n) is 13.3. The summed E-state index contributed by atoms with van der Waals surface area (Å²) in [7, 11) is 0. The molecule has 1 atom stereocenters. The molecule has 1 aromatic heterocycles. The third-order valence-corrected chi connectivity index (χ3v) is 4.26. The highest BCUT2D eigenvalue weighted by molar-refractivity contribution is 5.78. The summed E-state index contributed by atoms with van der Waals surface area (Å²) in [4.78, 5) is 33.1. The number of aromatic nitrogens is 2. The third-order valence-electron chi connectivity index (χ3n) is 4.26. The Morgan fingerprint density at radius 1 is 1.39 bits per heavy atom. The summed E-state index contributed by atoms with van der Waals surface area (Å²) < 4.78 is 0. The quantitative estimate of drug-likeness (QED) is 0.900. The Morgan fingerprint density at radius 2 is 2.22 bits per heavy atom. The predicted octanol–water partition coefficient (Wildman–Crippen LogP) is 1.62. The van der Waals surface area contributed by atoms with Gasteiger partial charge in [0, 0.05) is 38.9 Å². The summed E-state index contributed by atoms with van der Waals surface area (Å²) in [5, 5.41) is 3.03. The first-order valence-corrected chi connectivity index (χ1v) is 8.10. The summed E-state index contributed by atoms with van der Waals surface area (Å²) >= 11 is 0. The molecule has 2 N–H and O–H groups in total. The number of piperidine rings is 1. The van der Waals surface area contributed by atoms with Crippen LogP contribution in [-0.4, -0.2) is 45.8 Å². The molecule has 6 heteroatoms. The summed E-state index contributed by atoms with van der Waals surface area (Å²) in [5.41, 5.74) is 1.92. The van der Waals surface area contributed by atoms with Crippen LogP contribution in [0.1, 0.15) is 32.0 Å². The molecule has 0 radical (unpaired) electrons. The highest BCUT2D eigenvalue weighted by Gasteiger charge is 2.22. The third kappa shape index (κ3) is 3.88. The average Bonchev–Trinajstić information content (AvgIpc) is 2.96.